The Kier molecular flexibility index (Phi) is 3.57. The average molecular weight is 341 g/mol. The van der Waals surface area contributed by atoms with Crippen molar-refractivity contribution >= 4 is 23.0 Å². The maximum Gasteiger partial charge on any atom is 0.275 e. The third-order valence-corrected chi connectivity index (χ3v) is 5.34. The third kappa shape index (κ3) is 2.29. The predicted molar refractivity (Wildman–Crippen MR) is 95.6 cm³/mol. The number of benzene rings is 2. The number of allylic oxidation sites excluding steroid dienone is 2. The van der Waals surface area contributed by atoms with E-state index in [1.807, 2.05) is 31.2 Å². The van der Waals surface area contributed by atoms with Crippen molar-refractivity contribution in [1.29, 1.82) is 0 Å². The monoisotopic (exact) mass is 340 g/mol. The highest BCUT2D eigenvalue weighted by atomic mass is 35.5. The summed E-state index contributed by atoms with van der Waals surface area (Å²) >= 11 is 6.17. The molecule has 5 heteroatoms. The first-order valence-corrected chi connectivity index (χ1v) is 8.40. The maximum atomic E-state index is 11.5. The molecule has 3 atom stereocenters. The van der Waals surface area contributed by atoms with Gasteiger partial charge in [0.15, 0.2) is 0 Å². The van der Waals surface area contributed by atoms with Crippen molar-refractivity contribution in [1.82, 2.24) is 0 Å². The molecule has 4 nitrogen and oxygen atoms in total. The number of nitro benzene ring substituents is 1. The van der Waals surface area contributed by atoms with Crippen LogP contribution in [-0.2, 0) is 0 Å². The molecule has 0 saturated carbocycles. The van der Waals surface area contributed by atoms with Crippen molar-refractivity contribution in [3.05, 3.63) is 80.4 Å². The first-order chi connectivity index (χ1) is 11.6. The van der Waals surface area contributed by atoms with E-state index in [9.17, 15) is 10.1 Å². The Balaban J connectivity index is 1.88. The van der Waals surface area contributed by atoms with E-state index in [4.69, 9.17) is 11.6 Å². The van der Waals surface area contributed by atoms with Gasteiger partial charge < -0.3 is 5.32 Å². The van der Waals surface area contributed by atoms with Gasteiger partial charge in [-0.1, -0.05) is 42.0 Å². The Morgan fingerprint density at radius 1 is 1.29 bits per heavy atom. The zero-order chi connectivity index (χ0) is 16.8. The third-order valence-electron chi connectivity index (χ3n) is 5.11. The van der Waals surface area contributed by atoms with Crippen molar-refractivity contribution in [2.75, 3.05) is 5.32 Å². The van der Waals surface area contributed by atoms with Crippen LogP contribution in [0.3, 0.4) is 0 Å². The Morgan fingerprint density at radius 2 is 2.12 bits per heavy atom. The van der Waals surface area contributed by atoms with Gasteiger partial charge in [-0.2, -0.15) is 0 Å². The lowest BCUT2D eigenvalue weighted by Crippen LogP contribution is -2.30. The lowest BCUT2D eigenvalue weighted by molar-refractivity contribution is -0.385. The first-order valence-electron chi connectivity index (χ1n) is 8.03. The number of nitrogens with one attached hydrogen (secondary N) is 1. The van der Waals surface area contributed by atoms with E-state index in [1.54, 1.807) is 6.07 Å². The van der Waals surface area contributed by atoms with E-state index in [0.29, 0.717) is 5.02 Å². The fourth-order valence-corrected chi connectivity index (χ4v) is 4.22. The average Bonchev–Trinajstić information content (AvgIpc) is 3.04. The zero-order valence-corrected chi connectivity index (χ0v) is 14.0. The zero-order valence-electron chi connectivity index (χ0n) is 13.2. The van der Waals surface area contributed by atoms with Crippen molar-refractivity contribution in [3.63, 3.8) is 0 Å². The Morgan fingerprint density at radius 3 is 2.88 bits per heavy atom. The summed E-state index contributed by atoms with van der Waals surface area (Å²) < 4.78 is 0. The van der Waals surface area contributed by atoms with E-state index >= 15 is 0 Å². The molecular weight excluding hydrogens is 324 g/mol. The Labute approximate surface area is 145 Å². The predicted octanol–water partition coefficient (Wildman–Crippen LogP) is 5.38. The molecule has 1 aliphatic heterocycles. The molecule has 2 aromatic rings. The van der Waals surface area contributed by atoms with Crippen LogP contribution in [0.2, 0.25) is 5.02 Å². The molecule has 0 unspecified atom stereocenters. The molecule has 122 valence electrons. The molecule has 0 saturated heterocycles. The maximum absolute atomic E-state index is 11.5. The van der Waals surface area contributed by atoms with Crippen molar-refractivity contribution < 1.29 is 4.92 Å². The lowest BCUT2D eigenvalue weighted by atomic mass is 9.75. The topological polar surface area (TPSA) is 55.2 Å². The minimum Gasteiger partial charge on any atom is -0.377 e. The van der Waals surface area contributed by atoms with Crippen LogP contribution in [0.15, 0.2) is 48.6 Å². The van der Waals surface area contributed by atoms with Crippen molar-refractivity contribution in [2.24, 2.45) is 5.92 Å². The van der Waals surface area contributed by atoms with Gasteiger partial charge in [-0.15, -0.1) is 0 Å². The van der Waals surface area contributed by atoms with Gasteiger partial charge >= 0.3 is 0 Å². The molecule has 0 bridgehead atoms. The van der Waals surface area contributed by atoms with Gasteiger partial charge in [0.05, 0.1) is 16.5 Å². The van der Waals surface area contributed by atoms with Crippen LogP contribution in [0.5, 0.6) is 0 Å². The molecule has 0 radical (unpaired) electrons. The highest BCUT2D eigenvalue weighted by Crippen LogP contribution is 2.53. The van der Waals surface area contributed by atoms with Crippen LogP contribution >= 0.6 is 11.6 Å². The van der Waals surface area contributed by atoms with E-state index in [0.717, 1.165) is 28.8 Å². The fourth-order valence-electron chi connectivity index (χ4n) is 4.02. The number of halogens is 1. The van der Waals surface area contributed by atoms with Gasteiger partial charge in [0.25, 0.3) is 5.69 Å². The van der Waals surface area contributed by atoms with Crippen molar-refractivity contribution in [2.45, 2.75) is 25.3 Å². The van der Waals surface area contributed by atoms with Crippen molar-refractivity contribution in [3.8, 4) is 0 Å². The lowest BCUT2D eigenvalue weighted by Gasteiger charge is -2.38. The highest BCUT2D eigenvalue weighted by Gasteiger charge is 2.42. The summed E-state index contributed by atoms with van der Waals surface area (Å²) in [6, 6.07) is 11.4. The number of nitro groups is 1. The molecule has 2 aromatic carbocycles. The Bertz CT molecular complexity index is 862. The van der Waals surface area contributed by atoms with Gasteiger partial charge in [-0.25, -0.2) is 0 Å². The number of hydrogen-bond donors (Lipinski definition) is 1. The second-order valence-corrected chi connectivity index (χ2v) is 6.91. The van der Waals surface area contributed by atoms with Crippen LogP contribution < -0.4 is 5.32 Å². The minimum absolute atomic E-state index is 0.0607. The van der Waals surface area contributed by atoms with Crippen LogP contribution in [0.4, 0.5) is 11.4 Å². The van der Waals surface area contributed by atoms with Gasteiger partial charge in [0.2, 0.25) is 0 Å². The van der Waals surface area contributed by atoms with E-state index in [1.165, 1.54) is 0 Å². The number of nitrogens with zero attached hydrogens (tertiary/aromatic N) is 1. The molecular formula is C19H17ClN2O2. The quantitative estimate of drug-likeness (QED) is 0.453. The SMILES string of the molecule is Cc1ccc([N+](=O)[O-])c2c1N[C@H](c1cccc(Cl)c1)[C@H]1CC=C[C@@H]21. The number of aryl methyl sites for hydroxylation is 1. The van der Waals surface area contributed by atoms with Gasteiger partial charge in [-0.3, -0.25) is 10.1 Å². The van der Waals surface area contributed by atoms with Gasteiger partial charge in [0.1, 0.15) is 0 Å². The molecule has 0 fully saturated rings. The molecule has 2 aliphatic rings. The van der Waals surface area contributed by atoms with E-state index < -0.39 is 0 Å². The summed E-state index contributed by atoms with van der Waals surface area (Å²) in [5, 5.41) is 15.8. The van der Waals surface area contributed by atoms with Crippen LogP contribution in [0.1, 0.15) is 35.1 Å². The largest absolute Gasteiger partial charge is 0.377 e. The van der Waals surface area contributed by atoms with E-state index in [2.05, 4.69) is 23.5 Å². The summed E-state index contributed by atoms with van der Waals surface area (Å²) in [5.41, 5.74) is 4.06. The van der Waals surface area contributed by atoms with Gasteiger partial charge in [-0.05, 0) is 42.5 Å². The first kappa shape index (κ1) is 15.2. The molecule has 1 N–H and O–H groups in total. The molecule has 24 heavy (non-hydrogen) atoms. The Hall–Kier alpha value is -2.33. The van der Waals surface area contributed by atoms with E-state index in [-0.39, 0.29) is 28.5 Å². The van der Waals surface area contributed by atoms with Crippen LogP contribution in [-0.4, -0.2) is 4.92 Å². The smallest absolute Gasteiger partial charge is 0.275 e. The summed E-state index contributed by atoms with van der Waals surface area (Å²) in [5.74, 6) is 0.321. The highest BCUT2D eigenvalue weighted by molar-refractivity contribution is 6.30. The van der Waals surface area contributed by atoms with Crippen LogP contribution in [0.25, 0.3) is 0 Å². The fraction of sp³-hybridized carbons (Fsp3) is 0.263. The standard InChI is InChI=1S/C19H17ClN2O2/c1-11-8-9-16(22(23)24)17-14-6-3-7-15(14)19(21-18(11)17)12-4-2-5-13(20)10-12/h2-6,8-10,14-15,19,21H,7H2,1H3/t14-,15+,19-/m1/s1. The summed E-state index contributed by atoms with van der Waals surface area (Å²) in [6.45, 7) is 1.99. The second-order valence-electron chi connectivity index (χ2n) is 6.48. The van der Waals surface area contributed by atoms with Gasteiger partial charge in [0, 0.05) is 22.7 Å². The molecule has 1 aliphatic carbocycles. The molecule has 0 amide bonds. The number of fused-ring (bicyclic) bond motifs is 3. The number of rotatable bonds is 2. The normalized spacial score (nSPS) is 24.2. The minimum atomic E-state index is -0.275. The summed E-state index contributed by atoms with van der Waals surface area (Å²) in [6.07, 6.45) is 5.16. The molecule has 4 rings (SSSR count). The molecule has 0 spiro atoms. The van der Waals surface area contributed by atoms with Crippen LogP contribution in [0, 0.1) is 23.0 Å². The number of hydrogen-bond acceptors (Lipinski definition) is 3. The molecule has 0 aromatic heterocycles. The summed E-state index contributed by atoms with van der Waals surface area (Å²) in [7, 11) is 0. The second kappa shape index (κ2) is 5.64. The molecule has 1 heterocycles. The summed E-state index contributed by atoms with van der Waals surface area (Å²) in [4.78, 5) is 11.2. The number of anilines is 1.